The summed E-state index contributed by atoms with van der Waals surface area (Å²) >= 11 is 0. The second kappa shape index (κ2) is 6.58. The average molecular weight is 306 g/mol. The molecule has 0 aliphatic heterocycles. The summed E-state index contributed by atoms with van der Waals surface area (Å²) in [5, 5.41) is 7.52. The standard InChI is InChI=1S/C5H7ClN2O2S.C5H9N3/c1-2-8-4-3-5(7-8)11(6,9)10;1-2-8-4-3-5(6)7-8/h3-4H,2H2,1H3;3-4H,2H2,1H3,(H2,6,7). The third-order valence-electron chi connectivity index (χ3n) is 2.18. The number of anilines is 1. The summed E-state index contributed by atoms with van der Waals surface area (Å²) in [7, 11) is 1.37. The molecule has 0 radical (unpaired) electrons. The Labute approximate surface area is 116 Å². The van der Waals surface area contributed by atoms with Crippen LogP contribution in [0.25, 0.3) is 0 Å². The van der Waals surface area contributed by atoms with Gasteiger partial charge in [-0.05, 0) is 26.0 Å². The summed E-state index contributed by atoms with van der Waals surface area (Å²) in [4.78, 5) is 0. The van der Waals surface area contributed by atoms with Gasteiger partial charge in [-0.15, -0.1) is 0 Å². The van der Waals surface area contributed by atoms with Crippen molar-refractivity contribution in [2.45, 2.75) is 32.0 Å². The lowest BCUT2D eigenvalue weighted by Gasteiger charge is -1.90. The molecular weight excluding hydrogens is 290 g/mol. The molecular formula is C10H16ClN5O2S. The van der Waals surface area contributed by atoms with E-state index in [1.165, 1.54) is 10.7 Å². The van der Waals surface area contributed by atoms with E-state index < -0.39 is 9.05 Å². The van der Waals surface area contributed by atoms with E-state index in [9.17, 15) is 8.42 Å². The highest BCUT2D eigenvalue weighted by molar-refractivity contribution is 8.13. The van der Waals surface area contributed by atoms with E-state index in [2.05, 4.69) is 10.2 Å². The summed E-state index contributed by atoms with van der Waals surface area (Å²) in [6.45, 7) is 5.40. The quantitative estimate of drug-likeness (QED) is 0.863. The lowest BCUT2D eigenvalue weighted by molar-refractivity contribution is 0.593. The second-order valence-electron chi connectivity index (χ2n) is 3.54. The van der Waals surface area contributed by atoms with Crippen molar-refractivity contribution in [3.63, 3.8) is 0 Å². The van der Waals surface area contributed by atoms with E-state index in [0.29, 0.717) is 12.4 Å². The van der Waals surface area contributed by atoms with Gasteiger partial charge >= 0.3 is 0 Å². The van der Waals surface area contributed by atoms with E-state index in [1.54, 1.807) is 16.9 Å². The Bertz CT molecular complexity index is 619. The van der Waals surface area contributed by atoms with Crippen LogP contribution in [0.1, 0.15) is 13.8 Å². The summed E-state index contributed by atoms with van der Waals surface area (Å²) in [5.41, 5.74) is 5.32. The zero-order valence-electron chi connectivity index (χ0n) is 10.7. The molecule has 2 heterocycles. The summed E-state index contributed by atoms with van der Waals surface area (Å²) in [5.74, 6) is 0.590. The molecule has 0 aliphatic rings. The third-order valence-corrected chi connectivity index (χ3v) is 3.37. The maximum Gasteiger partial charge on any atom is 0.280 e. The molecule has 0 spiro atoms. The van der Waals surface area contributed by atoms with Gasteiger partial charge in [0.05, 0.1) is 0 Å². The fourth-order valence-corrected chi connectivity index (χ4v) is 1.88. The first-order valence-corrected chi connectivity index (χ1v) is 7.94. The minimum Gasteiger partial charge on any atom is -0.382 e. The maximum atomic E-state index is 10.7. The molecule has 7 nitrogen and oxygen atoms in total. The molecule has 0 saturated heterocycles. The maximum absolute atomic E-state index is 10.7. The molecule has 19 heavy (non-hydrogen) atoms. The molecule has 0 fully saturated rings. The Morgan fingerprint density at radius 1 is 1.16 bits per heavy atom. The highest BCUT2D eigenvalue weighted by Crippen LogP contribution is 2.10. The Hall–Kier alpha value is -1.54. The van der Waals surface area contributed by atoms with Crippen LogP contribution in [0.5, 0.6) is 0 Å². The van der Waals surface area contributed by atoms with Crippen LogP contribution in [0.15, 0.2) is 29.6 Å². The Morgan fingerprint density at radius 3 is 1.95 bits per heavy atom. The van der Waals surface area contributed by atoms with E-state index >= 15 is 0 Å². The Balaban J connectivity index is 0.000000200. The SMILES string of the molecule is CCn1ccc(N)n1.CCn1ccc(S(=O)(=O)Cl)n1. The highest BCUT2D eigenvalue weighted by Gasteiger charge is 2.12. The number of hydrogen-bond acceptors (Lipinski definition) is 5. The molecule has 0 unspecified atom stereocenters. The van der Waals surface area contributed by atoms with Gasteiger partial charge in [0.25, 0.3) is 9.05 Å². The topological polar surface area (TPSA) is 95.8 Å². The van der Waals surface area contributed by atoms with Crippen molar-refractivity contribution < 1.29 is 8.42 Å². The van der Waals surface area contributed by atoms with E-state index in [4.69, 9.17) is 16.4 Å². The Kier molecular flexibility index (Phi) is 5.37. The first-order valence-electron chi connectivity index (χ1n) is 5.63. The molecule has 0 amide bonds. The number of halogens is 1. The minimum absolute atomic E-state index is 0.0963. The molecule has 9 heteroatoms. The summed E-state index contributed by atoms with van der Waals surface area (Å²) in [6, 6.07) is 3.15. The molecule has 2 N–H and O–H groups in total. The van der Waals surface area contributed by atoms with Crippen molar-refractivity contribution in [2.24, 2.45) is 0 Å². The molecule has 0 aromatic carbocycles. The lowest BCUT2D eigenvalue weighted by atomic mass is 10.7. The van der Waals surface area contributed by atoms with Crippen LogP contribution in [0.2, 0.25) is 0 Å². The van der Waals surface area contributed by atoms with Crippen LogP contribution in [-0.4, -0.2) is 28.0 Å². The molecule has 2 rings (SSSR count). The number of hydrogen-bond donors (Lipinski definition) is 1. The van der Waals surface area contributed by atoms with Gasteiger partial charge in [0.15, 0.2) is 5.03 Å². The molecule has 0 aliphatic carbocycles. The van der Waals surface area contributed by atoms with Crippen molar-refractivity contribution in [3.8, 4) is 0 Å². The van der Waals surface area contributed by atoms with E-state index in [-0.39, 0.29) is 5.03 Å². The van der Waals surface area contributed by atoms with Gasteiger partial charge in [-0.25, -0.2) is 8.42 Å². The largest absolute Gasteiger partial charge is 0.382 e. The molecule has 0 saturated carbocycles. The van der Waals surface area contributed by atoms with Crippen molar-refractivity contribution in [2.75, 3.05) is 5.73 Å². The van der Waals surface area contributed by atoms with Gasteiger partial charge in [0.2, 0.25) is 0 Å². The Morgan fingerprint density at radius 2 is 1.68 bits per heavy atom. The zero-order chi connectivity index (χ0) is 14.5. The normalized spacial score (nSPS) is 10.9. The third kappa shape index (κ3) is 4.92. The van der Waals surface area contributed by atoms with Crippen LogP contribution < -0.4 is 5.73 Å². The van der Waals surface area contributed by atoms with Crippen molar-refractivity contribution in [3.05, 3.63) is 24.5 Å². The van der Waals surface area contributed by atoms with E-state index in [0.717, 1.165) is 6.54 Å². The molecule has 2 aromatic rings. The molecule has 0 atom stereocenters. The molecule has 2 aromatic heterocycles. The lowest BCUT2D eigenvalue weighted by Crippen LogP contribution is -1.97. The minimum atomic E-state index is -3.65. The fourth-order valence-electron chi connectivity index (χ4n) is 1.20. The number of aromatic nitrogens is 4. The molecule has 0 bridgehead atoms. The monoisotopic (exact) mass is 305 g/mol. The van der Waals surface area contributed by atoms with Gasteiger partial charge in [0.1, 0.15) is 5.82 Å². The first kappa shape index (κ1) is 15.5. The number of rotatable bonds is 3. The van der Waals surface area contributed by atoms with Crippen LogP contribution in [0.3, 0.4) is 0 Å². The van der Waals surface area contributed by atoms with Gasteiger partial charge < -0.3 is 5.73 Å². The fraction of sp³-hybridized carbons (Fsp3) is 0.400. The number of nitrogens with two attached hydrogens (primary N) is 1. The van der Waals surface area contributed by atoms with Crippen molar-refractivity contribution >= 4 is 25.6 Å². The smallest absolute Gasteiger partial charge is 0.280 e. The van der Waals surface area contributed by atoms with Crippen LogP contribution >= 0.6 is 10.7 Å². The van der Waals surface area contributed by atoms with Crippen LogP contribution in [0.4, 0.5) is 5.82 Å². The summed E-state index contributed by atoms with van der Waals surface area (Å²) in [6.07, 6.45) is 3.42. The second-order valence-corrected chi connectivity index (χ2v) is 6.06. The van der Waals surface area contributed by atoms with Gasteiger partial charge in [-0.2, -0.15) is 10.2 Å². The predicted octanol–water partition coefficient (Wildman–Crippen LogP) is 1.32. The number of nitrogens with zero attached hydrogens (tertiary/aromatic N) is 4. The van der Waals surface area contributed by atoms with Crippen molar-refractivity contribution in [1.82, 2.24) is 19.6 Å². The van der Waals surface area contributed by atoms with E-state index in [1.807, 2.05) is 20.0 Å². The first-order chi connectivity index (χ1) is 8.86. The zero-order valence-corrected chi connectivity index (χ0v) is 12.3. The van der Waals surface area contributed by atoms with Crippen molar-refractivity contribution in [1.29, 1.82) is 0 Å². The predicted molar refractivity (Wildman–Crippen MR) is 73.3 cm³/mol. The average Bonchev–Trinajstić information content (AvgIpc) is 2.97. The van der Waals surface area contributed by atoms with Gasteiger partial charge in [-0.1, -0.05) is 0 Å². The highest BCUT2D eigenvalue weighted by atomic mass is 35.7. The van der Waals surface area contributed by atoms with Crippen LogP contribution in [0, 0.1) is 0 Å². The summed E-state index contributed by atoms with van der Waals surface area (Å²) < 4.78 is 24.6. The van der Waals surface area contributed by atoms with Crippen LogP contribution in [-0.2, 0) is 22.1 Å². The molecule has 106 valence electrons. The number of aryl methyl sites for hydroxylation is 2. The van der Waals surface area contributed by atoms with Gasteiger partial charge in [-0.3, -0.25) is 9.36 Å². The van der Waals surface area contributed by atoms with Gasteiger partial charge in [0, 0.05) is 36.2 Å². The number of nitrogen functional groups attached to an aromatic ring is 1.